The average Bonchev–Trinajstić information content (AvgIpc) is 0.722. The molecule has 7 heteroatoms. The monoisotopic (exact) mass is 202 g/mol. The van der Waals surface area contributed by atoms with Crippen molar-refractivity contribution in [3.05, 3.63) is 0 Å². The summed E-state index contributed by atoms with van der Waals surface area (Å²) in [7, 11) is -4.64. The summed E-state index contributed by atoms with van der Waals surface area (Å²) in [5, 5.41) is 0. The molecule has 0 fully saturated rings. The van der Waals surface area contributed by atoms with Crippen molar-refractivity contribution in [2.24, 2.45) is 0 Å². The van der Waals surface area contributed by atoms with Gasteiger partial charge in [0.2, 0.25) is 0 Å². The molecule has 0 heterocycles. The van der Waals surface area contributed by atoms with Crippen molar-refractivity contribution in [3.63, 3.8) is 0 Å². The van der Waals surface area contributed by atoms with E-state index in [0.29, 0.717) is 0 Å². The molecule has 0 aliphatic carbocycles. The van der Waals surface area contributed by atoms with E-state index in [9.17, 15) is 0 Å². The van der Waals surface area contributed by atoms with Crippen LogP contribution in [-0.2, 0) is 39.3 Å². The van der Waals surface area contributed by atoms with Gasteiger partial charge in [0.05, 0.1) is 0 Å². The first-order chi connectivity index (χ1) is 2.00. The molecule has 0 amide bonds. The third-order valence-electron chi connectivity index (χ3n) is 0. The molecule has 0 aromatic rings. The van der Waals surface area contributed by atoms with Crippen molar-refractivity contribution in [1.29, 1.82) is 0 Å². The van der Waals surface area contributed by atoms with Gasteiger partial charge in [0.25, 0.3) is 0 Å². The molecule has 7 heavy (non-hydrogen) atoms. The van der Waals surface area contributed by atoms with Gasteiger partial charge >= 0.3 is 7.82 Å². The van der Waals surface area contributed by atoms with Gasteiger partial charge < -0.3 is 14.7 Å². The Bertz CT molecular complexity index is 55.8. The molecule has 3 N–H and O–H groups in total. The molecular weight excluding hydrogens is 199 g/mol. The summed E-state index contributed by atoms with van der Waals surface area (Å²) in [6, 6.07) is 0. The fourth-order valence-electron chi connectivity index (χ4n) is 0. The van der Waals surface area contributed by atoms with Crippen LogP contribution in [0.2, 0.25) is 0 Å². The largest absolute Gasteiger partial charge is 0.466 e. The summed E-state index contributed by atoms with van der Waals surface area (Å²) in [4.78, 5) is 21.6. The van der Waals surface area contributed by atoms with Crippen LogP contribution in [0.4, 0.5) is 0 Å². The van der Waals surface area contributed by atoms with E-state index in [0.717, 1.165) is 0 Å². The van der Waals surface area contributed by atoms with Gasteiger partial charge in [-0.2, -0.15) is 0 Å². The van der Waals surface area contributed by atoms with Crippen molar-refractivity contribution in [2.75, 3.05) is 0 Å². The first kappa shape index (κ1) is 15.7. The van der Waals surface area contributed by atoms with E-state index in [-0.39, 0.29) is 34.7 Å². The van der Waals surface area contributed by atoms with Gasteiger partial charge in [0.1, 0.15) is 0 Å². The van der Waals surface area contributed by atoms with E-state index >= 15 is 0 Å². The molecule has 0 atom stereocenters. The van der Waals surface area contributed by atoms with Gasteiger partial charge in [-0.1, -0.05) is 0 Å². The summed E-state index contributed by atoms with van der Waals surface area (Å²) < 4.78 is 8.88. The molecule has 0 rings (SSSR count). The minimum absolute atomic E-state index is 0. The van der Waals surface area contributed by atoms with Crippen LogP contribution in [0.1, 0.15) is 0 Å². The van der Waals surface area contributed by atoms with Crippen molar-refractivity contribution in [1.82, 2.24) is 0 Å². The van der Waals surface area contributed by atoms with Gasteiger partial charge in [-0.25, -0.2) is 4.57 Å². The van der Waals surface area contributed by atoms with Crippen LogP contribution in [-0.4, -0.2) is 14.7 Å². The molecule has 0 radical (unpaired) electrons. The Morgan fingerprint density at radius 3 is 1.00 bits per heavy atom. The molecule has 0 aromatic carbocycles. The van der Waals surface area contributed by atoms with Crippen LogP contribution in [0.15, 0.2) is 0 Å². The molecule has 44 valence electrons. The van der Waals surface area contributed by atoms with Crippen molar-refractivity contribution in [2.45, 2.75) is 0 Å². The minimum atomic E-state index is -4.64. The summed E-state index contributed by atoms with van der Waals surface area (Å²) in [5.41, 5.74) is 0. The summed E-state index contributed by atoms with van der Waals surface area (Å²) in [6.07, 6.45) is 0. The smallest absolute Gasteiger partial charge is 0.303 e. The first-order valence-corrected chi connectivity index (χ1v) is 2.35. The van der Waals surface area contributed by atoms with E-state index in [1.807, 2.05) is 0 Å². The number of rotatable bonds is 0. The molecule has 0 aliphatic rings. The SMILES string of the molecule is O=P(O)(O)O.[Cr].[Cr]. The van der Waals surface area contributed by atoms with Crippen molar-refractivity contribution >= 4 is 7.82 Å². The Kier molecular flexibility index (Phi) is 11.9. The number of phosphoric acid groups is 1. The maximum atomic E-state index is 8.88. The van der Waals surface area contributed by atoms with Crippen LogP contribution < -0.4 is 0 Å². The summed E-state index contributed by atoms with van der Waals surface area (Å²) >= 11 is 0. The minimum Gasteiger partial charge on any atom is -0.303 e. The number of hydrogen-bond donors (Lipinski definition) is 3. The fraction of sp³-hybridized carbons (Fsp3) is 0. The third kappa shape index (κ3) is 139. The third-order valence-corrected chi connectivity index (χ3v) is 0. The van der Waals surface area contributed by atoms with Crippen LogP contribution >= 0.6 is 7.82 Å². The van der Waals surface area contributed by atoms with Crippen LogP contribution in [0, 0.1) is 0 Å². The Morgan fingerprint density at radius 1 is 1.00 bits per heavy atom. The molecule has 0 spiro atoms. The topological polar surface area (TPSA) is 77.8 Å². The molecule has 0 unspecified atom stereocenters. The second-order valence-electron chi connectivity index (χ2n) is 0.513. The predicted octanol–water partition coefficient (Wildman–Crippen LogP) is -0.934. The van der Waals surface area contributed by atoms with Crippen LogP contribution in [0.5, 0.6) is 0 Å². The van der Waals surface area contributed by atoms with Crippen LogP contribution in [0.25, 0.3) is 0 Å². The fourth-order valence-corrected chi connectivity index (χ4v) is 0. The van der Waals surface area contributed by atoms with Crippen LogP contribution in [0.3, 0.4) is 0 Å². The zero-order valence-corrected chi connectivity index (χ0v) is 6.46. The van der Waals surface area contributed by atoms with Gasteiger partial charge in [0, 0.05) is 34.7 Å². The predicted molar refractivity (Wildman–Crippen MR) is 14.3 cm³/mol. The Labute approximate surface area is 62.1 Å². The molecule has 4 nitrogen and oxygen atoms in total. The maximum Gasteiger partial charge on any atom is 0.466 e. The van der Waals surface area contributed by atoms with Crippen molar-refractivity contribution in [3.8, 4) is 0 Å². The van der Waals surface area contributed by atoms with E-state index < -0.39 is 7.82 Å². The van der Waals surface area contributed by atoms with E-state index in [4.69, 9.17) is 19.2 Å². The zero-order valence-electron chi connectivity index (χ0n) is 3.01. The summed E-state index contributed by atoms with van der Waals surface area (Å²) in [6.45, 7) is 0. The molecule has 0 saturated heterocycles. The second-order valence-corrected chi connectivity index (χ2v) is 1.54. The Hall–Kier alpha value is 1.17. The molecule has 0 aromatic heterocycles. The molecule has 0 bridgehead atoms. The van der Waals surface area contributed by atoms with Gasteiger partial charge in [0.15, 0.2) is 0 Å². The second kappa shape index (κ2) is 5.31. The quantitative estimate of drug-likeness (QED) is 0.443. The maximum absolute atomic E-state index is 8.88. The standard InChI is InChI=1S/2Cr.H3O4P/c;;1-5(2,3)4/h;;(H3,1,2,3,4). The number of hydrogen-bond acceptors (Lipinski definition) is 1. The molecule has 0 aliphatic heterocycles. The molecular formula is H3Cr2O4P. The zero-order chi connectivity index (χ0) is 4.50. The van der Waals surface area contributed by atoms with Gasteiger partial charge in [-0.3, -0.25) is 0 Å². The normalized spacial score (nSPS) is 8.43. The average molecular weight is 202 g/mol. The van der Waals surface area contributed by atoms with Crippen molar-refractivity contribution < 1.29 is 54.0 Å². The van der Waals surface area contributed by atoms with Gasteiger partial charge in [-0.05, 0) is 0 Å². The summed E-state index contributed by atoms with van der Waals surface area (Å²) in [5.74, 6) is 0. The van der Waals surface area contributed by atoms with E-state index in [1.165, 1.54) is 0 Å². The van der Waals surface area contributed by atoms with Gasteiger partial charge in [-0.15, -0.1) is 0 Å². The van der Waals surface area contributed by atoms with E-state index in [2.05, 4.69) is 0 Å². The van der Waals surface area contributed by atoms with E-state index in [1.54, 1.807) is 0 Å². The first-order valence-electron chi connectivity index (χ1n) is 0.783. The Morgan fingerprint density at radius 2 is 1.00 bits per heavy atom. The Balaban J connectivity index is -0.0000000800. The molecule has 0 saturated carbocycles.